The lowest BCUT2D eigenvalue weighted by Gasteiger charge is -2.26. The van der Waals surface area contributed by atoms with Gasteiger partial charge in [-0.25, -0.2) is 4.39 Å². The van der Waals surface area contributed by atoms with Crippen molar-refractivity contribution in [2.45, 2.75) is 25.4 Å². The highest BCUT2D eigenvalue weighted by molar-refractivity contribution is 9.10. The van der Waals surface area contributed by atoms with Crippen molar-refractivity contribution in [3.63, 3.8) is 0 Å². The van der Waals surface area contributed by atoms with Gasteiger partial charge in [-0.1, -0.05) is 6.07 Å². The normalized spacial score (nSPS) is 14.6. The second kappa shape index (κ2) is 5.13. The molecule has 1 heterocycles. The van der Waals surface area contributed by atoms with E-state index in [4.69, 9.17) is 5.73 Å². The SMILES string of the molecule is Nc1cc(F)c(Br)cc1N(Cc1cccs1)C1CC1. The first kappa shape index (κ1) is 12.9. The molecule has 0 radical (unpaired) electrons. The molecule has 0 unspecified atom stereocenters. The Kier molecular flexibility index (Phi) is 3.50. The van der Waals surface area contributed by atoms with Gasteiger partial charge in [0.05, 0.1) is 22.4 Å². The molecule has 2 N–H and O–H groups in total. The number of hydrogen-bond acceptors (Lipinski definition) is 3. The first-order valence-electron chi connectivity index (χ1n) is 6.18. The van der Waals surface area contributed by atoms with Crippen LogP contribution in [0.4, 0.5) is 15.8 Å². The fourth-order valence-electron chi connectivity index (χ4n) is 2.17. The third-order valence-corrected chi connectivity index (χ3v) is 4.74. The molecule has 0 bridgehead atoms. The van der Waals surface area contributed by atoms with Crippen LogP contribution in [-0.2, 0) is 6.54 Å². The zero-order valence-corrected chi connectivity index (χ0v) is 12.7. The quantitative estimate of drug-likeness (QED) is 0.835. The van der Waals surface area contributed by atoms with Crippen LogP contribution in [0.3, 0.4) is 0 Å². The lowest BCUT2D eigenvalue weighted by molar-refractivity contribution is 0.621. The number of rotatable bonds is 4. The predicted octanol–water partition coefficient (Wildman–Crippen LogP) is 4.40. The Morgan fingerprint density at radius 1 is 1.42 bits per heavy atom. The highest BCUT2D eigenvalue weighted by Gasteiger charge is 2.31. The van der Waals surface area contributed by atoms with E-state index in [-0.39, 0.29) is 5.82 Å². The number of anilines is 2. The van der Waals surface area contributed by atoms with E-state index in [1.54, 1.807) is 17.4 Å². The molecule has 0 saturated heterocycles. The van der Waals surface area contributed by atoms with E-state index in [1.165, 1.54) is 23.8 Å². The molecule has 0 atom stereocenters. The minimum atomic E-state index is -0.312. The third-order valence-electron chi connectivity index (χ3n) is 3.27. The van der Waals surface area contributed by atoms with E-state index in [9.17, 15) is 4.39 Å². The average Bonchev–Trinajstić information content (AvgIpc) is 3.09. The van der Waals surface area contributed by atoms with Gasteiger partial charge in [0.2, 0.25) is 0 Å². The van der Waals surface area contributed by atoms with Crippen LogP contribution in [0.5, 0.6) is 0 Å². The molecule has 1 aromatic heterocycles. The molecule has 1 fully saturated rings. The molecule has 0 spiro atoms. The van der Waals surface area contributed by atoms with E-state index < -0.39 is 0 Å². The number of thiophene rings is 1. The molecule has 1 aliphatic rings. The van der Waals surface area contributed by atoms with E-state index in [2.05, 4.69) is 38.3 Å². The molecule has 2 nitrogen and oxygen atoms in total. The van der Waals surface area contributed by atoms with Crippen molar-refractivity contribution in [1.29, 1.82) is 0 Å². The summed E-state index contributed by atoms with van der Waals surface area (Å²) in [5, 5.41) is 2.07. The van der Waals surface area contributed by atoms with E-state index >= 15 is 0 Å². The van der Waals surface area contributed by atoms with Gasteiger partial charge >= 0.3 is 0 Å². The maximum absolute atomic E-state index is 13.5. The van der Waals surface area contributed by atoms with Crippen LogP contribution in [0.25, 0.3) is 0 Å². The van der Waals surface area contributed by atoms with Crippen LogP contribution < -0.4 is 10.6 Å². The molecule has 5 heteroatoms. The molecular formula is C14H14BrFN2S. The van der Waals surface area contributed by atoms with Gasteiger partial charge in [-0.2, -0.15) is 0 Å². The zero-order chi connectivity index (χ0) is 13.4. The molecule has 1 aliphatic carbocycles. The topological polar surface area (TPSA) is 29.3 Å². The first-order valence-corrected chi connectivity index (χ1v) is 7.86. The fraction of sp³-hybridized carbons (Fsp3) is 0.286. The summed E-state index contributed by atoms with van der Waals surface area (Å²) in [6.45, 7) is 0.838. The second-order valence-corrected chi connectivity index (χ2v) is 6.65. The Hall–Kier alpha value is -1.07. The molecule has 100 valence electrons. The summed E-state index contributed by atoms with van der Waals surface area (Å²) in [5.74, 6) is -0.312. The number of nitrogens with zero attached hydrogens (tertiary/aromatic N) is 1. The molecule has 0 aliphatic heterocycles. The number of hydrogen-bond donors (Lipinski definition) is 1. The summed E-state index contributed by atoms with van der Waals surface area (Å²) < 4.78 is 13.9. The number of benzene rings is 1. The summed E-state index contributed by atoms with van der Waals surface area (Å²) in [4.78, 5) is 3.58. The maximum Gasteiger partial charge on any atom is 0.139 e. The number of halogens is 2. The van der Waals surface area contributed by atoms with Gasteiger partial charge in [0.15, 0.2) is 0 Å². The molecular weight excluding hydrogens is 327 g/mol. The van der Waals surface area contributed by atoms with Crippen molar-refractivity contribution in [1.82, 2.24) is 0 Å². The van der Waals surface area contributed by atoms with Crippen molar-refractivity contribution in [3.05, 3.63) is 44.8 Å². The van der Waals surface area contributed by atoms with Gasteiger partial charge in [0.1, 0.15) is 5.82 Å². The Morgan fingerprint density at radius 2 is 2.21 bits per heavy atom. The van der Waals surface area contributed by atoms with Crippen LogP contribution in [0.2, 0.25) is 0 Å². The largest absolute Gasteiger partial charge is 0.397 e. The highest BCUT2D eigenvalue weighted by atomic mass is 79.9. The zero-order valence-electron chi connectivity index (χ0n) is 10.3. The molecule has 1 aromatic carbocycles. The lowest BCUT2D eigenvalue weighted by atomic mass is 10.2. The molecule has 0 amide bonds. The Morgan fingerprint density at radius 3 is 2.84 bits per heavy atom. The number of nitrogen functional groups attached to an aromatic ring is 1. The summed E-state index contributed by atoms with van der Waals surface area (Å²) in [5.41, 5.74) is 7.41. The summed E-state index contributed by atoms with van der Waals surface area (Å²) in [6.07, 6.45) is 2.36. The van der Waals surface area contributed by atoms with E-state index in [0.717, 1.165) is 12.2 Å². The van der Waals surface area contributed by atoms with Crippen LogP contribution in [0.15, 0.2) is 34.1 Å². The minimum Gasteiger partial charge on any atom is -0.397 e. The molecule has 1 saturated carbocycles. The monoisotopic (exact) mass is 340 g/mol. The smallest absolute Gasteiger partial charge is 0.139 e. The molecule has 2 aromatic rings. The van der Waals surface area contributed by atoms with Gasteiger partial charge < -0.3 is 10.6 Å². The Balaban J connectivity index is 1.94. The van der Waals surface area contributed by atoms with Crippen LogP contribution >= 0.6 is 27.3 Å². The highest BCUT2D eigenvalue weighted by Crippen LogP contribution is 2.38. The molecule has 19 heavy (non-hydrogen) atoms. The van der Waals surface area contributed by atoms with Crippen LogP contribution in [0, 0.1) is 5.82 Å². The average molecular weight is 341 g/mol. The van der Waals surface area contributed by atoms with Crippen molar-refractivity contribution in [2.24, 2.45) is 0 Å². The van der Waals surface area contributed by atoms with Gasteiger partial charge in [-0.15, -0.1) is 11.3 Å². The third kappa shape index (κ3) is 2.77. The maximum atomic E-state index is 13.5. The molecule has 3 rings (SSSR count). The Bertz CT molecular complexity index is 581. The summed E-state index contributed by atoms with van der Waals surface area (Å²) >= 11 is 4.98. The first-order chi connectivity index (χ1) is 9.15. The van der Waals surface area contributed by atoms with Crippen LogP contribution in [0.1, 0.15) is 17.7 Å². The predicted molar refractivity (Wildman–Crippen MR) is 82.0 cm³/mol. The van der Waals surface area contributed by atoms with Gasteiger partial charge in [-0.3, -0.25) is 0 Å². The van der Waals surface area contributed by atoms with Crippen molar-refractivity contribution >= 4 is 38.6 Å². The van der Waals surface area contributed by atoms with Gasteiger partial charge in [0.25, 0.3) is 0 Å². The Labute approximate surface area is 124 Å². The van der Waals surface area contributed by atoms with Crippen molar-refractivity contribution < 1.29 is 4.39 Å². The number of nitrogens with two attached hydrogens (primary N) is 1. The minimum absolute atomic E-state index is 0.312. The van der Waals surface area contributed by atoms with Gasteiger partial charge in [-0.05, 0) is 46.3 Å². The summed E-state index contributed by atoms with van der Waals surface area (Å²) in [6, 6.07) is 7.88. The lowest BCUT2D eigenvalue weighted by Crippen LogP contribution is -2.25. The fourth-order valence-corrected chi connectivity index (χ4v) is 3.20. The van der Waals surface area contributed by atoms with Gasteiger partial charge in [0, 0.05) is 17.0 Å². The van der Waals surface area contributed by atoms with Crippen molar-refractivity contribution in [2.75, 3.05) is 10.6 Å². The van der Waals surface area contributed by atoms with Crippen molar-refractivity contribution in [3.8, 4) is 0 Å². The summed E-state index contributed by atoms with van der Waals surface area (Å²) in [7, 11) is 0. The standard InChI is InChI=1S/C14H14BrFN2S/c15-11-6-14(13(17)7-12(11)16)18(9-3-4-9)8-10-2-1-5-19-10/h1-2,5-7,9H,3-4,8,17H2. The van der Waals surface area contributed by atoms with Crippen LogP contribution in [-0.4, -0.2) is 6.04 Å². The second-order valence-electron chi connectivity index (χ2n) is 4.76. The van der Waals surface area contributed by atoms with E-state index in [1.807, 2.05) is 0 Å². The van der Waals surface area contributed by atoms with E-state index in [0.29, 0.717) is 16.2 Å².